The normalized spacial score (nSPS) is 17.0. The molecule has 0 aliphatic carbocycles. The molecule has 2 aliphatic heterocycles. The van der Waals surface area contributed by atoms with E-state index in [9.17, 15) is 13.2 Å². The molecule has 0 bridgehead atoms. The second-order valence-corrected chi connectivity index (χ2v) is 11.4. The Morgan fingerprint density at radius 3 is 2.53 bits per heavy atom. The standard InChI is InChI=1S/C21H21N3O5S3/c1-30-14-2-4-15(5-3-14)32(26,27)24-8-6-13(7-9-24)20(25)23-21-22-16-10-17-18(29-12-28-17)11-19(16)31-21/h2-5,10-11,13H,6-9,12H2,1H3,(H,22,23,25). The van der Waals surface area contributed by atoms with Gasteiger partial charge in [0.25, 0.3) is 0 Å². The number of sulfonamides is 1. The van der Waals surface area contributed by atoms with Gasteiger partial charge in [-0.25, -0.2) is 13.4 Å². The molecule has 1 fully saturated rings. The molecule has 2 aliphatic rings. The number of hydrogen-bond donors (Lipinski definition) is 1. The molecular formula is C21H21N3O5S3. The highest BCUT2D eigenvalue weighted by molar-refractivity contribution is 7.98. The van der Waals surface area contributed by atoms with E-state index in [2.05, 4.69) is 10.3 Å². The topological polar surface area (TPSA) is 97.8 Å². The number of piperidine rings is 1. The fourth-order valence-electron chi connectivity index (χ4n) is 3.83. The number of nitrogens with one attached hydrogen (secondary N) is 1. The monoisotopic (exact) mass is 491 g/mol. The molecule has 1 amide bonds. The average Bonchev–Trinajstić information content (AvgIpc) is 3.42. The third-order valence-corrected chi connectivity index (χ3v) is 9.22. The first kappa shape index (κ1) is 21.5. The minimum atomic E-state index is -3.56. The maximum atomic E-state index is 12.9. The van der Waals surface area contributed by atoms with Crippen LogP contribution in [0.2, 0.25) is 0 Å². The van der Waals surface area contributed by atoms with E-state index in [0.29, 0.717) is 42.6 Å². The van der Waals surface area contributed by atoms with E-state index >= 15 is 0 Å². The van der Waals surface area contributed by atoms with Crippen molar-refractivity contribution in [3.05, 3.63) is 36.4 Å². The van der Waals surface area contributed by atoms with Crippen LogP contribution in [0.1, 0.15) is 12.8 Å². The van der Waals surface area contributed by atoms with Gasteiger partial charge in [-0.3, -0.25) is 4.79 Å². The number of aromatic nitrogens is 1. The van der Waals surface area contributed by atoms with Crippen LogP contribution in [0.4, 0.5) is 5.13 Å². The summed E-state index contributed by atoms with van der Waals surface area (Å²) >= 11 is 2.94. The van der Waals surface area contributed by atoms with Gasteiger partial charge in [-0.1, -0.05) is 11.3 Å². The fourth-order valence-corrected chi connectivity index (χ4v) is 6.59. The highest BCUT2D eigenvalue weighted by atomic mass is 32.2. The lowest BCUT2D eigenvalue weighted by Crippen LogP contribution is -2.41. The lowest BCUT2D eigenvalue weighted by molar-refractivity contribution is -0.120. The lowest BCUT2D eigenvalue weighted by atomic mass is 9.97. The minimum absolute atomic E-state index is 0.134. The molecule has 11 heteroatoms. The van der Waals surface area contributed by atoms with Crippen molar-refractivity contribution in [3.63, 3.8) is 0 Å². The molecule has 1 N–H and O–H groups in total. The van der Waals surface area contributed by atoms with Gasteiger partial charge in [0.05, 0.1) is 15.1 Å². The molecule has 3 heterocycles. The number of nitrogens with zero attached hydrogens (tertiary/aromatic N) is 2. The highest BCUT2D eigenvalue weighted by Crippen LogP contribution is 2.39. The highest BCUT2D eigenvalue weighted by Gasteiger charge is 2.32. The zero-order valence-corrected chi connectivity index (χ0v) is 19.7. The Kier molecular flexibility index (Phi) is 5.74. The van der Waals surface area contributed by atoms with E-state index in [1.165, 1.54) is 15.6 Å². The van der Waals surface area contributed by atoms with Gasteiger partial charge in [0.2, 0.25) is 22.7 Å². The van der Waals surface area contributed by atoms with Crippen LogP contribution in [0.3, 0.4) is 0 Å². The molecule has 0 spiro atoms. The summed E-state index contributed by atoms with van der Waals surface area (Å²) < 4.78 is 39.0. The lowest BCUT2D eigenvalue weighted by Gasteiger charge is -2.30. The van der Waals surface area contributed by atoms with Gasteiger partial charge in [0.1, 0.15) is 0 Å². The van der Waals surface area contributed by atoms with Crippen molar-refractivity contribution >= 4 is 54.4 Å². The summed E-state index contributed by atoms with van der Waals surface area (Å²) in [5, 5.41) is 3.40. The maximum Gasteiger partial charge on any atom is 0.243 e. The van der Waals surface area contributed by atoms with Crippen LogP contribution >= 0.6 is 23.1 Å². The Balaban J connectivity index is 1.22. The summed E-state index contributed by atoms with van der Waals surface area (Å²) in [7, 11) is -3.56. The van der Waals surface area contributed by atoms with Gasteiger partial charge in [-0.2, -0.15) is 4.31 Å². The molecule has 0 radical (unpaired) electrons. The first-order valence-corrected chi connectivity index (χ1v) is 13.6. The van der Waals surface area contributed by atoms with Gasteiger partial charge in [-0.05, 0) is 43.4 Å². The molecule has 2 aromatic carbocycles. The number of amides is 1. The Bertz CT molecular complexity index is 1220. The second-order valence-electron chi connectivity index (χ2n) is 7.54. The quantitative estimate of drug-likeness (QED) is 0.542. The zero-order chi connectivity index (χ0) is 22.3. The number of carbonyl (C=O) groups excluding carboxylic acids is 1. The molecule has 8 nitrogen and oxygen atoms in total. The summed E-state index contributed by atoms with van der Waals surface area (Å²) in [6.07, 6.45) is 2.88. The summed E-state index contributed by atoms with van der Waals surface area (Å²) in [4.78, 5) is 18.6. The van der Waals surface area contributed by atoms with Gasteiger partial charge < -0.3 is 14.8 Å². The van der Waals surface area contributed by atoms with Crippen LogP contribution in [0.5, 0.6) is 11.5 Å². The van der Waals surface area contributed by atoms with E-state index in [-0.39, 0.29) is 23.5 Å². The third kappa shape index (κ3) is 4.05. The maximum absolute atomic E-state index is 12.9. The summed E-state index contributed by atoms with van der Waals surface area (Å²) in [5.41, 5.74) is 0.739. The average molecular weight is 492 g/mol. The molecule has 5 rings (SSSR count). The molecule has 32 heavy (non-hydrogen) atoms. The van der Waals surface area contributed by atoms with Crippen molar-refractivity contribution in [2.24, 2.45) is 5.92 Å². The fraction of sp³-hybridized carbons (Fsp3) is 0.333. The van der Waals surface area contributed by atoms with Gasteiger partial charge in [0, 0.05) is 36.0 Å². The number of fused-ring (bicyclic) bond motifs is 2. The van der Waals surface area contributed by atoms with Crippen LogP contribution in [-0.4, -0.2) is 49.8 Å². The predicted octanol–water partition coefficient (Wildman–Crippen LogP) is 3.79. The third-order valence-electron chi connectivity index (χ3n) is 5.63. The van der Waals surface area contributed by atoms with Crippen LogP contribution < -0.4 is 14.8 Å². The molecule has 1 saturated heterocycles. The summed E-state index contributed by atoms with van der Waals surface area (Å²) in [5.74, 6) is 0.933. The van der Waals surface area contributed by atoms with Gasteiger partial charge in [-0.15, -0.1) is 11.8 Å². The molecule has 0 unspecified atom stereocenters. The molecule has 3 aromatic rings. The zero-order valence-electron chi connectivity index (χ0n) is 17.2. The van der Waals surface area contributed by atoms with Crippen molar-refractivity contribution in [1.29, 1.82) is 0 Å². The van der Waals surface area contributed by atoms with E-state index in [0.717, 1.165) is 15.1 Å². The smallest absolute Gasteiger partial charge is 0.243 e. The van der Waals surface area contributed by atoms with Gasteiger partial charge in [0.15, 0.2) is 16.6 Å². The second kappa shape index (κ2) is 8.54. The SMILES string of the molecule is CSc1ccc(S(=O)(=O)N2CCC(C(=O)Nc3nc4cc5c(cc4s3)OCO5)CC2)cc1. The van der Waals surface area contributed by atoms with Crippen molar-refractivity contribution < 1.29 is 22.7 Å². The van der Waals surface area contributed by atoms with E-state index in [4.69, 9.17) is 9.47 Å². The minimum Gasteiger partial charge on any atom is -0.454 e. The number of thiazole rings is 1. The van der Waals surface area contributed by atoms with Crippen LogP contribution in [0.15, 0.2) is 46.2 Å². The van der Waals surface area contributed by atoms with Crippen LogP contribution in [0, 0.1) is 5.92 Å². The van der Waals surface area contributed by atoms with Crippen molar-refractivity contribution in [2.75, 3.05) is 31.5 Å². The summed E-state index contributed by atoms with van der Waals surface area (Å²) in [6.45, 7) is 0.825. The van der Waals surface area contributed by atoms with Gasteiger partial charge >= 0.3 is 0 Å². The van der Waals surface area contributed by atoms with Crippen LogP contribution in [0.25, 0.3) is 10.2 Å². The first-order valence-electron chi connectivity index (χ1n) is 10.1. The van der Waals surface area contributed by atoms with E-state index < -0.39 is 10.0 Å². The number of carbonyl (C=O) groups is 1. The van der Waals surface area contributed by atoms with E-state index in [1.54, 1.807) is 30.0 Å². The largest absolute Gasteiger partial charge is 0.454 e. The number of benzene rings is 2. The number of rotatable bonds is 5. The predicted molar refractivity (Wildman–Crippen MR) is 124 cm³/mol. The molecule has 1 aromatic heterocycles. The number of hydrogen-bond acceptors (Lipinski definition) is 8. The Hall–Kier alpha value is -2.34. The first-order chi connectivity index (χ1) is 15.4. The summed E-state index contributed by atoms with van der Waals surface area (Å²) in [6, 6.07) is 10.6. The number of anilines is 1. The van der Waals surface area contributed by atoms with E-state index in [1.807, 2.05) is 24.5 Å². The van der Waals surface area contributed by atoms with Crippen LogP contribution in [-0.2, 0) is 14.8 Å². The Morgan fingerprint density at radius 1 is 1.16 bits per heavy atom. The number of ether oxygens (including phenoxy) is 2. The molecule has 0 saturated carbocycles. The Morgan fingerprint density at radius 2 is 1.84 bits per heavy atom. The Labute approximate surface area is 194 Å². The molecule has 168 valence electrons. The molecular weight excluding hydrogens is 470 g/mol. The number of thioether (sulfide) groups is 1. The van der Waals surface area contributed by atoms with Crippen molar-refractivity contribution in [3.8, 4) is 11.5 Å². The molecule has 0 atom stereocenters. The van der Waals surface area contributed by atoms with Crippen molar-refractivity contribution in [2.45, 2.75) is 22.6 Å². The van der Waals surface area contributed by atoms with Crippen molar-refractivity contribution in [1.82, 2.24) is 9.29 Å².